The average Bonchev–Trinajstić information content (AvgIpc) is 3.12. The number of esters is 2. The summed E-state index contributed by atoms with van der Waals surface area (Å²) in [6.45, 7) is 3.76. The van der Waals surface area contributed by atoms with E-state index in [-0.39, 0.29) is 35.8 Å². The Labute approximate surface area is 151 Å². The highest BCUT2D eigenvalue weighted by molar-refractivity contribution is 5.88. The van der Waals surface area contributed by atoms with Gasteiger partial charge in [0.15, 0.2) is 0 Å². The van der Waals surface area contributed by atoms with Gasteiger partial charge in [0.1, 0.15) is 23.9 Å². The van der Waals surface area contributed by atoms with Crippen molar-refractivity contribution in [3.05, 3.63) is 11.1 Å². The van der Waals surface area contributed by atoms with Gasteiger partial charge in [-0.05, 0) is 49.7 Å². The maximum atomic E-state index is 13.0. The van der Waals surface area contributed by atoms with Crippen LogP contribution in [0.4, 0.5) is 0 Å². The lowest BCUT2D eigenvalue weighted by molar-refractivity contribution is -0.219. The van der Waals surface area contributed by atoms with Crippen LogP contribution in [0.25, 0.3) is 0 Å². The summed E-state index contributed by atoms with van der Waals surface area (Å²) in [5.41, 5.74) is -1.10. The Morgan fingerprint density at radius 3 is 2.58 bits per heavy atom. The van der Waals surface area contributed by atoms with Crippen molar-refractivity contribution in [2.45, 2.75) is 69.9 Å². The predicted molar refractivity (Wildman–Crippen MR) is 87.5 cm³/mol. The molecule has 9 atom stereocenters. The highest BCUT2D eigenvalue weighted by Gasteiger charge is 2.75. The summed E-state index contributed by atoms with van der Waals surface area (Å²) in [5.74, 6) is -0.162. The van der Waals surface area contributed by atoms with Crippen LogP contribution in [-0.2, 0) is 19.1 Å². The second-order valence-corrected chi connectivity index (χ2v) is 9.68. The summed E-state index contributed by atoms with van der Waals surface area (Å²) in [6, 6.07) is 0. The van der Waals surface area contributed by atoms with Crippen LogP contribution in [0.5, 0.6) is 0 Å². The molecule has 2 spiro atoms. The number of carbonyl (C=O) groups is 2. The van der Waals surface area contributed by atoms with Gasteiger partial charge < -0.3 is 19.7 Å². The standard InChI is InChI=1S/C20H24O6/c1-8-5-11-9-6-10-14-13(9)20(8,17(23)25-11)4-3-19(14)7-12(26-16(19)22)15(21)18(10,2)24/h8-9,11-13,15,21,24H,3-7H2,1-2H3/t8-,9-,11+,12-,13+,15+,18-,19+,20?/m1/s1. The van der Waals surface area contributed by atoms with E-state index in [1.165, 1.54) is 0 Å². The molecule has 140 valence electrons. The van der Waals surface area contributed by atoms with Crippen LogP contribution in [0.15, 0.2) is 11.1 Å². The van der Waals surface area contributed by atoms with Crippen molar-refractivity contribution >= 4 is 11.9 Å². The number of fused-ring (bicyclic) bond motifs is 3. The third kappa shape index (κ3) is 1.34. The van der Waals surface area contributed by atoms with Crippen LogP contribution in [0.3, 0.4) is 0 Å². The fraction of sp³-hybridized carbons (Fsp3) is 0.800. The molecule has 4 bridgehead atoms. The Morgan fingerprint density at radius 2 is 1.85 bits per heavy atom. The molecule has 0 aromatic rings. The predicted octanol–water partition coefficient (Wildman–Crippen LogP) is 1.09. The Bertz CT molecular complexity index is 798. The van der Waals surface area contributed by atoms with Gasteiger partial charge in [0.2, 0.25) is 0 Å². The van der Waals surface area contributed by atoms with Crippen molar-refractivity contribution in [2.24, 2.45) is 28.6 Å². The molecular weight excluding hydrogens is 336 g/mol. The lowest BCUT2D eigenvalue weighted by Gasteiger charge is -2.60. The number of carbonyl (C=O) groups excluding carboxylic acids is 2. The maximum Gasteiger partial charge on any atom is 0.316 e. The van der Waals surface area contributed by atoms with Crippen molar-refractivity contribution in [3.8, 4) is 0 Å². The van der Waals surface area contributed by atoms with Crippen LogP contribution >= 0.6 is 0 Å². The smallest absolute Gasteiger partial charge is 0.316 e. The summed E-state index contributed by atoms with van der Waals surface area (Å²) < 4.78 is 11.4. The molecule has 3 saturated heterocycles. The van der Waals surface area contributed by atoms with E-state index in [9.17, 15) is 19.8 Å². The van der Waals surface area contributed by atoms with Gasteiger partial charge >= 0.3 is 11.9 Å². The molecule has 2 saturated carbocycles. The van der Waals surface area contributed by atoms with Crippen LogP contribution in [0.1, 0.15) is 46.0 Å². The van der Waals surface area contributed by atoms with E-state index in [1.54, 1.807) is 6.92 Å². The van der Waals surface area contributed by atoms with Gasteiger partial charge in [0, 0.05) is 18.3 Å². The van der Waals surface area contributed by atoms with Crippen LogP contribution in [0.2, 0.25) is 0 Å². The number of aliphatic hydroxyl groups excluding tert-OH is 1. The Kier molecular flexibility index (Phi) is 2.52. The summed E-state index contributed by atoms with van der Waals surface area (Å²) in [5, 5.41) is 22.1. The highest BCUT2D eigenvalue weighted by Crippen LogP contribution is 2.73. The molecule has 3 aliphatic heterocycles. The molecular formula is C20H24O6. The van der Waals surface area contributed by atoms with Crippen molar-refractivity contribution in [3.63, 3.8) is 0 Å². The number of hydrogen-bond acceptors (Lipinski definition) is 6. The van der Waals surface area contributed by atoms with E-state index >= 15 is 0 Å². The molecule has 2 N–H and O–H groups in total. The third-order valence-corrected chi connectivity index (χ3v) is 8.86. The van der Waals surface area contributed by atoms with Crippen molar-refractivity contribution in [2.75, 3.05) is 0 Å². The van der Waals surface area contributed by atoms with E-state index in [2.05, 4.69) is 6.92 Å². The fourth-order valence-electron chi connectivity index (χ4n) is 7.59. The third-order valence-electron chi connectivity index (χ3n) is 8.86. The number of rotatable bonds is 0. The summed E-state index contributed by atoms with van der Waals surface area (Å²) >= 11 is 0. The van der Waals surface area contributed by atoms with E-state index in [4.69, 9.17) is 9.47 Å². The summed E-state index contributed by atoms with van der Waals surface area (Å²) in [6.07, 6.45) is 1.04. The zero-order valence-corrected chi connectivity index (χ0v) is 15.0. The molecule has 6 heteroatoms. The quantitative estimate of drug-likeness (QED) is 0.496. The van der Waals surface area contributed by atoms with Crippen LogP contribution < -0.4 is 0 Å². The Hall–Kier alpha value is -1.40. The van der Waals surface area contributed by atoms with Gasteiger partial charge in [-0.15, -0.1) is 0 Å². The summed E-state index contributed by atoms with van der Waals surface area (Å²) in [7, 11) is 0. The largest absolute Gasteiger partial charge is 0.462 e. The van der Waals surface area contributed by atoms with Gasteiger partial charge in [0.25, 0.3) is 0 Å². The minimum atomic E-state index is -1.44. The second-order valence-electron chi connectivity index (χ2n) is 9.68. The molecule has 26 heavy (non-hydrogen) atoms. The molecule has 3 heterocycles. The van der Waals surface area contributed by atoms with E-state index < -0.39 is 28.6 Å². The van der Waals surface area contributed by atoms with E-state index in [0.29, 0.717) is 25.7 Å². The second kappa shape index (κ2) is 4.20. The average molecular weight is 360 g/mol. The molecule has 0 aromatic heterocycles. The van der Waals surface area contributed by atoms with Crippen molar-refractivity contribution < 1.29 is 29.3 Å². The Morgan fingerprint density at radius 1 is 1.12 bits per heavy atom. The lowest BCUT2D eigenvalue weighted by Crippen LogP contribution is -2.64. The van der Waals surface area contributed by atoms with E-state index in [1.807, 2.05) is 0 Å². The molecule has 4 aliphatic carbocycles. The molecule has 5 fully saturated rings. The first-order chi connectivity index (χ1) is 12.2. The first kappa shape index (κ1) is 15.6. The molecule has 1 unspecified atom stereocenters. The van der Waals surface area contributed by atoms with Gasteiger partial charge in [-0.1, -0.05) is 6.92 Å². The lowest BCUT2D eigenvalue weighted by atomic mass is 9.45. The van der Waals surface area contributed by atoms with Crippen molar-refractivity contribution in [1.82, 2.24) is 0 Å². The Balaban J connectivity index is 1.65. The maximum absolute atomic E-state index is 13.0. The van der Waals surface area contributed by atoms with Gasteiger partial charge in [-0.3, -0.25) is 9.59 Å². The fourth-order valence-corrected chi connectivity index (χ4v) is 7.59. The zero-order valence-electron chi connectivity index (χ0n) is 15.0. The normalized spacial score (nSPS) is 59.1. The minimum Gasteiger partial charge on any atom is -0.462 e. The first-order valence-corrected chi connectivity index (χ1v) is 9.80. The van der Waals surface area contributed by atoms with Crippen LogP contribution in [0, 0.1) is 28.6 Å². The molecule has 0 amide bonds. The minimum absolute atomic E-state index is 0.0654. The molecule has 0 radical (unpaired) electrons. The van der Waals surface area contributed by atoms with Crippen molar-refractivity contribution in [1.29, 1.82) is 0 Å². The number of ether oxygens (including phenoxy) is 2. The summed E-state index contributed by atoms with van der Waals surface area (Å²) in [4.78, 5) is 25.9. The van der Waals surface area contributed by atoms with Gasteiger partial charge in [-0.2, -0.15) is 0 Å². The van der Waals surface area contributed by atoms with Gasteiger partial charge in [-0.25, -0.2) is 0 Å². The molecule has 7 rings (SSSR count). The zero-order chi connectivity index (χ0) is 18.2. The monoisotopic (exact) mass is 360 g/mol. The van der Waals surface area contributed by atoms with Crippen LogP contribution in [-0.4, -0.2) is 46.1 Å². The number of aliphatic hydroxyl groups is 2. The molecule has 7 aliphatic rings. The molecule has 0 aromatic carbocycles. The molecule has 6 nitrogen and oxygen atoms in total. The van der Waals surface area contributed by atoms with Gasteiger partial charge in [0.05, 0.1) is 10.8 Å². The SMILES string of the molecule is C[C@@H]1C[C@@H]2OC(=O)C13CC[C@@]14C[C@@H](OC1=O)[C@H](O)[C@](C)(O)C1=C4[C@@H]3[C@@H]2C1. The number of hydrogen-bond donors (Lipinski definition) is 2. The first-order valence-electron chi connectivity index (χ1n) is 9.80. The topological polar surface area (TPSA) is 93.1 Å². The van der Waals surface area contributed by atoms with E-state index in [0.717, 1.165) is 17.6 Å². The highest BCUT2D eigenvalue weighted by atomic mass is 16.6.